The highest BCUT2D eigenvalue weighted by Gasteiger charge is 2.29. The fourth-order valence-corrected chi connectivity index (χ4v) is 3.52. The summed E-state index contributed by atoms with van der Waals surface area (Å²) < 4.78 is 5.36. The van der Waals surface area contributed by atoms with Gasteiger partial charge in [-0.2, -0.15) is 0 Å². The highest BCUT2D eigenvalue weighted by molar-refractivity contribution is 5.82. The average Bonchev–Trinajstić information content (AvgIpc) is 3.02. The van der Waals surface area contributed by atoms with Gasteiger partial charge in [0.1, 0.15) is 6.61 Å². The van der Waals surface area contributed by atoms with Crippen molar-refractivity contribution in [2.24, 2.45) is 5.92 Å². The number of carboxylic acids is 1. The van der Waals surface area contributed by atoms with E-state index in [2.05, 4.69) is 22.8 Å². The van der Waals surface area contributed by atoms with E-state index in [-0.39, 0.29) is 38.0 Å². The van der Waals surface area contributed by atoms with Gasteiger partial charge in [0.25, 0.3) is 0 Å². The third kappa shape index (κ3) is 5.13. The predicted octanol–water partition coefficient (Wildman–Crippen LogP) is 2.75. The molecular formula is C22H24N2O5. The van der Waals surface area contributed by atoms with Crippen molar-refractivity contribution in [2.75, 3.05) is 19.7 Å². The maximum atomic E-state index is 12.0. The largest absolute Gasteiger partial charge is 0.481 e. The van der Waals surface area contributed by atoms with Crippen molar-refractivity contribution in [2.45, 2.75) is 19.3 Å². The topological polar surface area (TPSA) is 105 Å². The summed E-state index contributed by atoms with van der Waals surface area (Å²) in [6.07, 6.45) is -0.694. The number of ether oxygens (including phenoxy) is 1. The summed E-state index contributed by atoms with van der Waals surface area (Å²) >= 11 is 0. The van der Waals surface area contributed by atoms with Crippen molar-refractivity contribution >= 4 is 18.0 Å². The molecule has 1 unspecified atom stereocenters. The standard InChI is InChI=1S/C22H24N2O5/c1-14(10-21(26)27)11-23-20(25)12-24-22(28)29-13-19-17-8-4-2-6-15(17)16-7-3-5-9-18(16)19/h2-9,14,19H,10-13H2,1H3,(H,23,25)(H,24,28)(H,26,27). The Labute approximate surface area is 169 Å². The van der Waals surface area contributed by atoms with E-state index in [1.807, 2.05) is 36.4 Å². The van der Waals surface area contributed by atoms with Crippen LogP contribution in [0.2, 0.25) is 0 Å². The highest BCUT2D eigenvalue weighted by atomic mass is 16.5. The first-order valence-electron chi connectivity index (χ1n) is 9.53. The smallest absolute Gasteiger partial charge is 0.407 e. The van der Waals surface area contributed by atoms with Crippen LogP contribution in [0.4, 0.5) is 4.79 Å². The molecule has 152 valence electrons. The molecular weight excluding hydrogens is 372 g/mol. The molecule has 0 heterocycles. The summed E-state index contributed by atoms with van der Waals surface area (Å²) in [5.41, 5.74) is 4.53. The lowest BCUT2D eigenvalue weighted by Gasteiger charge is -2.15. The van der Waals surface area contributed by atoms with Gasteiger partial charge in [0, 0.05) is 18.9 Å². The summed E-state index contributed by atoms with van der Waals surface area (Å²) in [5, 5.41) is 13.7. The van der Waals surface area contributed by atoms with Crippen LogP contribution in [0.15, 0.2) is 48.5 Å². The van der Waals surface area contributed by atoms with Crippen LogP contribution in [0.5, 0.6) is 0 Å². The van der Waals surface area contributed by atoms with Gasteiger partial charge in [-0.25, -0.2) is 4.79 Å². The number of amides is 2. The molecule has 1 aliphatic carbocycles. The Morgan fingerprint density at radius 1 is 1.00 bits per heavy atom. The van der Waals surface area contributed by atoms with Crippen molar-refractivity contribution in [3.8, 4) is 11.1 Å². The first kappa shape index (κ1) is 20.4. The SMILES string of the molecule is CC(CNC(=O)CNC(=O)OCC1c2ccccc2-c2ccccc21)CC(=O)O. The molecule has 0 saturated heterocycles. The fourth-order valence-electron chi connectivity index (χ4n) is 3.52. The number of rotatable bonds is 8. The molecule has 3 rings (SSSR count). The molecule has 0 bridgehead atoms. The van der Waals surface area contributed by atoms with Crippen molar-refractivity contribution in [3.63, 3.8) is 0 Å². The second-order valence-electron chi connectivity index (χ2n) is 7.19. The summed E-state index contributed by atoms with van der Waals surface area (Å²) in [6.45, 7) is 1.92. The zero-order valence-electron chi connectivity index (χ0n) is 16.2. The van der Waals surface area contributed by atoms with Gasteiger partial charge in [-0.1, -0.05) is 55.5 Å². The Hall–Kier alpha value is -3.35. The molecule has 1 atom stereocenters. The lowest BCUT2D eigenvalue weighted by molar-refractivity contribution is -0.138. The van der Waals surface area contributed by atoms with Gasteiger partial charge >= 0.3 is 12.1 Å². The minimum atomic E-state index is -0.913. The van der Waals surface area contributed by atoms with E-state index >= 15 is 0 Å². The third-order valence-electron chi connectivity index (χ3n) is 4.91. The molecule has 0 spiro atoms. The van der Waals surface area contributed by atoms with Crippen molar-refractivity contribution in [3.05, 3.63) is 59.7 Å². The number of hydrogen-bond acceptors (Lipinski definition) is 4. The number of carboxylic acid groups (broad SMARTS) is 1. The van der Waals surface area contributed by atoms with E-state index in [1.165, 1.54) is 0 Å². The lowest BCUT2D eigenvalue weighted by Crippen LogP contribution is -2.39. The molecule has 0 aliphatic heterocycles. The Bertz CT molecular complexity index is 866. The first-order chi connectivity index (χ1) is 14.0. The van der Waals surface area contributed by atoms with Crippen LogP contribution < -0.4 is 10.6 Å². The van der Waals surface area contributed by atoms with E-state index in [0.717, 1.165) is 22.3 Å². The monoisotopic (exact) mass is 396 g/mol. The number of alkyl carbamates (subject to hydrolysis) is 1. The van der Waals surface area contributed by atoms with Crippen molar-refractivity contribution < 1.29 is 24.2 Å². The van der Waals surface area contributed by atoms with E-state index < -0.39 is 18.0 Å². The number of aliphatic carboxylic acids is 1. The molecule has 29 heavy (non-hydrogen) atoms. The summed E-state index contributed by atoms with van der Waals surface area (Å²) in [5.74, 6) is -1.54. The molecule has 0 aromatic heterocycles. The number of carbonyl (C=O) groups excluding carboxylic acids is 2. The first-order valence-corrected chi connectivity index (χ1v) is 9.53. The maximum Gasteiger partial charge on any atom is 0.407 e. The number of carbonyl (C=O) groups is 3. The predicted molar refractivity (Wildman–Crippen MR) is 107 cm³/mol. The van der Waals surface area contributed by atoms with Gasteiger partial charge in [-0.05, 0) is 28.2 Å². The zero-order valence-corrected chi connectivity index (χ0v) is 16.2. The van der Waals surface area contributed by atoms with E-state index in [1.54, 1.807) is 6.92 Å². The van der Waals surface area contributed by atoms with Crippen LogP contribution in [0.25, 0.3) is 11.1 Å². The Morgan fingerprint density at radius 2 is 1.59 bits per heavy atom. The van der Waals surface area contributed by atoms with E-state index in [9.17, 15) is 14.4 Å². The molecule has 1 aliphatic rings. The molecule has 7 nitrogen and oxygen atoms in total. The van der Waals surface area contributed by atoms with Gasteiger partial charge in [-0.15, -0.1) is 0 Å². The molecule has 7 heteroatoms. The van der Waals surface area contributed by atoms with E-state index in [0.29, 0.717) is 0 Å². The van der Waals surface area contributed by atoms with Crippen LogP contribution in [0.3, 0.4) is 0 Å². The molecule has 2 aromatic rings. The summed E-state index contributed by atoms with van der Waals surface area (Å²) in [6, 6.07) is 16.1. The molecule has 0 radical (unpaired) electrons. The Morgan fingerprint density at radius 3 is 2.17 bits per heavy atom. The third-order valence-corrected chi connectivity index (χ3v) is 4.91. The molecule has 0 saturated carbocycles. The molecule has 2 amide bonds. The normalized spacial score (nSPS) is 13.1. The molecule has 2 aromatic carbocycles. The zero-order chi connectivity index (χ0) is 20.8. The Kier molecular flexibility index (Phi) is 6.49. The van der Waals surface area contributed by atoms with Gasteiger partial charge in [0.05, 0.1) is 6.54 Å². The Balaban J connectivity index is 1.48. The second kappa shape index (κ2) is 9.23. The average molecular weight is 396 g/mol. The lowest BCUT2D eigenvalue weighted by atomic mass is 9.98. The van der Waals surface area contributed by atoms with Crippen molar-refractivity contribution in [1.82, 2.24) is 10.6 Å². The van der Waals surface area contributed by atoms with Crippen LogP contribution >= 0.6 is 0 Å². The molecule has 3 N–H and O–H groups in total. The minimum Gasteiger partial charge on any atom is -0.481 e. The van der Waals surface area contributed by atoms with Crippen molar-refractivity contribution in [1.29, 1.82) is 0 Å². The van der Waals surface area contributed by atoms with Crippen LogP contribution in [-0.2, 0) is 14.3 Å². The molecule has 0 fully saturated rings. The van der Waals surface area contributed by atoms with Gasteiger partial charge in [-0.3, -0.25) is 9.59 Å². The maximum absolute atomic E-state index is 12.0. The second-order valence-corrected chi connectivity index (χ2v) is 7.19. The quantitative estimate of drug-likeness (QED) is 0.636. The number of benzene rings is 2. The van der Waals surface area contributed by atoms with E-state index in [4.69, 9.17) is 9.84 Å². The number of nitrogens with one attached hydrogen (secondary N) is 2. The minimum absolute atomic E-state index is 0.0277. The van der Waals surface area contributed by atoms with Gasteiger partial charge < -0.3 is 20.5 Å². The summed E-state index contributed by atoms with van der Waals surface area (Å²) in [7, 11) is 0. The van der Waals surface area contributed by atoms with Crippen LogP contribution in [0.1, 0.15) is 30.4 Å². The summed E-state index contributed by atoms with van der Waals surface area (Å²) in [4.78, 5) is 34.4. The number of hydrogen-bond donors (Lipinski definition) is 3. The van der Waals surface area contributed by atoms with Gasteiger partial charge in [0.15, 0.2) is 0 Å². The van der Waals surface area contributed by atoms with Crippen LogP contribution in [0, 0.1) is 5.92 Å². The number of fused-ring (bicyclic) bond motifs is 3. The highest BCUT2D eigenvalue weighted by Crippen LogP contribution is 2.44. The fraction of sp³-hybridized carbons (Fsp3) is 0.318. The van der Waals surface area contributed by atoms with Crippen LogP contribution in [-0.4, -0.2) is 42.8 Å². The van der Waals surface area contributed by atoms with Gasteiger partial charge in [0.2, 0.25) is 5.91 Å².